The maximum Gasteiger partial charge on any atom is 0.255 e. The number of rotatable bonds is 12. The minimum Gasteiger partial charge on any atom is -0.378 e. The van der Waals surface area contributed by atoms with E-state index in [0.717, 1.165) is 34.1 Å². The molecule has 3 aromatic carbocycles. The largest absolute Gasteiger partial charge is 0.378 e. The molecule has 0 unspecified atom stereocenters. The standard InChI is InChI=1S/C39H66ClN9Si/c1-25-34(47(16)17)28(41(4)5)22-31(44(10)11)37(25)50(40,38-26(2)35(48(18)19)29(42(6)7)23-32(38)45(12)13)39-27(3)36(49(20)21)30(43(8)9)24-33(39)46(14)15/h22-24H,1-21H3. The zero-order chi connectivity index (χ0) is 38.5. The first-order valence-corrected chi connectivity index (χ1v) is 20.2. The quantitative estimate of drug-likeness (QED) is 0.153. The van der Waals surface area contributed by atoms with Crippen molar-refractivity contribution in [1.29, 1.82) is 0 Å². The van der Waals surface area contributed by atoms with Crippen LogP contribution < -0.4 is 59.7 Å². The van der Waals surface area contributed by atoms with Crippen LogP contribution in [0, 0.1) is 20.8 Å². The molecule has 0 aliphatic carbocycles. The molecule has 0 spiro atoms. The van der Waals surface area contributed by atoms with Crippen LogP contribution >= 0.6 is 11.1 Å². The van der Waals surface area contributed by atoms with Gasteiger partial charge in [-0.15, -0.1) is 11.1 Å². The number of nitrogens with zero attached hydrogens (tertiary/aromatic N) is 9. The van der Waals surface area contributed by atoms with Gasteiger partial charge in [-0.1, -0.05) is 0 Å². The smallest absolute Gasteiger partial charge is 0.255 e. The third-order valence-corrected chi connectivity index (χ3v) is 15.4. The average Bonchev–Trinajstić information content (AvgIpc) is 2.97. The zero-order valence-corrected chi connectivity index (χ0v) is 36.9. The van der Waals surface area contributed by atoms with Crippen molar-refractivity contribution < 1.29 is 0 Å². The third-order valence-electron chi connectivity index (χ3n) is 9.77. The van der Waals surface area contributed by atoms with Gasteiger partial charge < -0.3 is 44.1 Å². The fourth-order valence-electron chi connectivity index (χ4n) is 7.77. The lowest BCUT2D eigenvalue weighted by molar-refractivity contribution is 1.05. The van der Waals surface area contributed by atoms with E-state index in [2.05, 4.69) is 210 Å². The second-order valence-electron chi connectivity index (χ2n) is 15.5. The van der Waals surface area contributed by atoms with Crippen LogP contribution in [0.25, 0.3) is 0 Å². The minimum absolute atomic E-state index is 1.14. The highest BCUT2D eigenvalue weighted by molar-refractivity contribution is 7.42. The normalized spacial score (nSPS) is 11.4. The molecule has 0 fully saturated rings. The van der Waals surface area contributed by atoms with Gasteiger partial charge >= 0.3 is 0 Å². The van der Waals surface area contributed by atoms with E-state index >= 15 is 0 Å². The van der Waals surface area contributed by atoms with E-state index in [1.165, 1.54) is 49.3 Å². The van der Waals surface area contributed by atoms with Crippen molar-refractivity contribution in [3.8, 4) is 0 Å². The molecule has 11 heteroatoms. The second-order valence-corrected chi connectivity index (χ2v) is 20.0. The van der Waals surface area contributed by atoms with E-state index in [0.29, 0.717) is 0 Å². The first kappa shape index (κ1) is 40.8. The molecule has 50 heavy (non-hydrogen) atoms. The highest BCUT2D eigenvalue weighted by atomic mass is 35.6. The summed E-state index contributed by atoms with van der Waals surface area (Å²) in [5.41, 5.74) is 14.0. The Hall–Kier alpha value is -3.63. The summed E-state index contributed by atoms with van der Waals surface area (Å²) in [6.07, 6.45) is 0. The van der Waals surface area contributed by atoms with Gasteiger partial charge in [0.05, 0.1) is 34.1 Å². The van der Waals surface area contributed by atoms with Crippen LogP contribution in [-0.2, 0) is 0 Å². The van der Waals surface area contributed by atoms with Gasteiger partial charge in [-0.25, -0.2) is 0 Å². The van der Waals surface area contributed by atoms with Crippen molar-refractivity contribution in [2.45, 2.75) is 20.8 Å². The summed E-state index contributed by atoms with van der Waals surface area (Å²) < 4.78 is 0. The zero-order valence-electron chi connectivity index (χ0n) is 35.1. The van der Waals surface area contributed by atoms with Gasteiger partial charge in [0.15, 0.2) is 0 Å². The molecule has 0 heterocycles. The Kier molecular flexibility index (Phi) is 12.2. The molecule has 278 valence electrons. The van der Waals surface area contributed by atoms with Crippen LogP contribution in [0.2, 0.25) is 0 Å². The van der Waals surface area contributed by atoms with Crippen LogP contribution in [0.3, 0.4) is 0 Å². The lowest BCUT2D eigenvalue weighted by Crippen LogP contribution is -2.67. The van der Waals surface area contributed by atoms with Crippen LogP contribution in [0.1, 0.15) is 16.7 Å². The molecule has 0 amide bonds. The number of hydrogen-bond acceptors (Lipinski definition) is 9. The van der Waals surface area contributed by atoms with E-state index in [1.54, 1.807) is 0 Å². The summed E-state index contributed by atoms with van der Waals surface area (Å²) in [6, 6.07) is 7.04. The van der Waals surface area contributed by atoms with Crippen LogP contribution in [0.15, 0.2) is 18.2 Å². The summed E-state index contributed by atoms with van der Waals surface area (Å²) in [4.78, 5) is 20.2. The van der Waals surface area contributed by atoms with Gasteiger partial charge in [-0.2, -0.15) is 0 Å². The monoisotopic (exact) mass is 723 g/mol. The van der Waals surface area contributed by atoms with Gasteiger partial charge in [0, 0.05) is 144 Å². The minimum atomic E-state index is -3.53. The van der Waals surface area contributed by atoms with E-state index in [4.69, 9.17) is 11.1 Å². The Labute approximate surface area is 310 Å². The number of halogens is 1. The first-order valence-electron chi connectivity index (χ1n) is 17.2. The van der Waals surface area contributed by atoms with Crippen molar-refractivity contribution in [1.82, 2.24) is 0 Å². The first-order chi connectivity index (χ1) is 22.9. The van der Waals surface area contributed by atoms with Crippen LogP contribution in [-0.4, -0.2) is 134 Å². The molecule has 9 nitrogen and oxygen atoms in total. The van der Waals surface area contributed by atoms with Gasteiger partial charge in [-0.3, -0.25) is 0 Å². The second kappa shape index (κ2) is 14.9. The predicted octanol–water partition coefficient (Wildman–Crippen LogP) is 4.41. The molecule has 0 N–H and O–H groups in total. The van der Waals surface area contributed by atoms with Crippen molar-refractivity contribution in [2.24, 2.45) is 0 Å². The molecular weight excluding hydrogens is 658 g/mol. The highest BCUT2D eigenvalue weighted by Crippen LogP contribution is 2.43. The highest BCUT2D eigenvalue weighted by Gasteiger charge is 2.49. The fourth-order valence-corrected chi connectivity index (χ4v) is 14.5. The molecule has 3 rings (SSSR count). The Morgan fingerprint density at radius 1 is 0.320 bits per heavy atom. The Morgan fingerprint density at radius 2 is 0.500 bits per heavy atom. The molecule has 0 radical (unpaired) electrons. The molecule has 0 aliphatic rings. The van der Waals surface area contributed by atoms with Crippen molar-refractivity contribution in [2.75, 3.05) is 171 Å². The van der Waals surface area contributed by atoms with E-state index < -0.39 is 7.38 Å². The molecule has 0 saturated heterocycles. The fraction of sp³-hybridized carbons (Fsp3) is 0.538. The molecule has 0 aromatic heterocycles. The van der Waals surface area contributed by atoms with Gasteiger partial charge in [0.25, 0.3) is 7.38 Å². The van der Waals surface area contributed by atoms with Crippen molar-refractivity contribution in [3.63, 3.8) is 0 Å². The predicted molar refractivity (Wildman–Crippen MR) is 233 cm³/mol. The van der Waals surface area contributed by atoms with E-state index in [9.17, 15) is 0 Å². The molecule has 0 atom stereocenters. The SMILES string of the molecule is Cc1c(N(C)C)c(N(C)C)cc(N(C)C)c1[Si](Cl)(c1c(N(C)C)cc(N(C)C)c(N(C)C)c1C)c1c(N(C)C)cc(N(C)C)c(N(C)C)c1C. The number of benzene rings is 3. The molecule has 0 saturated carbocycles. The third kappa shape index (κ3) is 6.85. The van der Waals surface area contributed by atoms with Gasteiger partial charge in [-0.05, 0) is 71.2 Å². The Balaban J connectivity index is 3.01. The van der Waals surface area contributed by atoms with Crippen LogP contribution in [0.4, 0.5) is 51.2 Å². The molecule has 3 aromatic rings. The van der Waals surface area contributed by atoms with Crippen LogP contribution in [0.5, 0.6) is 0 Å². The van der Waals surface area contributed by atoms with Crippen molar-refractivity contribution >= 4 is 85.2 Å². The van der Waals surface area contributed by atoms with E-state index in [-0.39, 0.29) is 0 Å². The summed E-state index contributed by atoms with van der Waals surface area (Å²) in [7, 11) is 35.0. The molecular formula is C39H66ClN9Si. The number of anilines is 9. The lowest BCUT2D eigenvalue weighted by atomic mass is 10.1. The van der Waals surface area contributed by atoms with E-state index in [1.807, 2.05) is 0 Å². The maximum absolute atomic E-state index is 9.07. The van der Waals surface area contributed by atoms with Gasteiger partial charge in [0.1, 0.15) is 0 Å². The average molecular weight is 725 g/mol. The Bertz CT molecular complexity index is 1510. The summed E-state index contributed by atoms with van der Waals surface area (Å²) in [5, 5.41) is 3.63. The van der Waals surface area contributed by atoms with Gasteiger partial charge in [0.2, 0.25) is 0 Å². The lowest BCUT2D eigenvalue weighted by Gasteiger charge is -2.42. The molecule has 0 bridgehead atoms. The number of hydrogen-bond donors (Lipinski definition) is 0. The summed E-state index contributed by atoms with van der Waals surface area (Å²) >= 11 is 9.07. The van der Waals surface area contributed by atoms with Crippen molar-refractivity contribution in [3.05, 3.63) is 34.9 Å². The summed E-state index contributed by atoms with van der Waals surface area (Å²) in [6.45, 7) is 6.85. The summed E-state index contributed by atoms with van der Waals surface area (Å²) in [5.74, 6) is 0. The molecule has 0 aliphatic heterocycles. The Morgan fingerprint density at radius 3 is 0.640 bits per heavy atom. The topological polar surface area (TPSA) is 29.2 Å². The maximum atomic E-state index is 9.07.